The summed E-state index contributed by atoms with van der Waals surface area (Å²) in [6.07, 6.45) is 3.33. The van der Waals surface area contributed by atoms with Crippen LogP contribution in [-0.4, -0.2) is 37.1 Å². The number of hydrogen-bond acceptors (Lipinski definition) is 4. The van der Waals surface area contributed by atoms with Gasteiger partial charge in [-0.3, -0.25) is 9.59 Å². The van der Waals surface area contributed by atoms with Crippen LogP contribution in [0.3, 0.4) is 0 Å². The highest BCUT2D eigenvalue weighted by Gasteiger charge is 2.23. The van der Waals surface area contributed by atoms with Crippen molar-refractivity contribution in [2.45, 2.75) is 51.6 Å². The van der Waals surface area contributed by atoms with Gasteiger partial charge in [0.25, 0.3) is 11.8 Å². The maximum absolute atomic E-state index is 12.1. The predicted octanol–water partition coefficient (Wildman–Crippen LogP) is 3.30. The van der Waals surface area contributed by atoms with Crippen molar-refractivity contribution in [1.82, 2.24) is 10.6 Å². The third kappa shape index (κ3) is 7.10. The Hall–Kier alpha value is -3.02. The van der Waals surface area contributed by atoms with E-state index in [1.165, 1.54) is 0 Å². The summed E-state index contributed by atoms with van der Waals surface area (Å²) in [6, 6.07) is 15.5. The standard InChI is InChI=1S/C24H30N2O4/c1-17-3-11-21(12-4-17)29-15-23(27)25-19-7-9-20(10-8-19)26-24(28)16-30-22-13-5-18(2)6-14-22/h3-6,11-14,19-20H,7-10,15-16H2,1-2H3,(H,25,27)(H,26,28). The highest BCUT2D eigenvalue weighted by Crippen LogP contribution is 2.19. The largest absolute Gasteiger partial charge is 0.484 e. The lowest BCUT2D eigenvalue weighted by Gasteiger charge is -2.29. The molecular formula is C24H30N2O4. The maximum atomic E-state index is 12.1. The van der Waals surface area contributed by atoms with E-state index in [4.69, 9.17) is 9.47 Å². The molecule has 3 rings (SSSR count). The molecule has 1 saturated carbocycles. The lowest BCUT2D eigenvalue weighted by molar-refractivity contribution is -0.125. The monoisotopic (exact) mass is 410 g/mol. The molecule has 2 aromatic carbocycles. The molecule has 0 aromatic heterocycles. The first-order chi connectivity index (χ1) is 14.5. The van der Waals surface area contributed by atoms with Crippen molar-refractivity contribution >= 4 is 11.8 Å². The van der Waals surface area contributed by atoms with Gasteiger partial charge in [-0.05, 0) is 63.8 Å². The predicted molar refractivity (Wildman–Crippen MR) is 116 cm³/mol. The molecule has 30 heavy (non-hydrogen) atoms. The van der Waals surface area contributed by atoms with E-state index in [0.717, 1.165) is 36.8 Å². The molecule has 2 amide bonds. The second-order valence-electron chi connectivity index (χ2n) is 7.89. The fourth-order valence-corrected chi connectivity index (χ4v) is 3.49. The maximum Gasteiger partial charge on any atom is 0.258 e. The number of ether oxygens (including phenoxy) is 2. The normalized spacial score (nSPS) is 18.3. The summed E-state index contributed by atoms with van der Waals surface area (Å²) in [4.78, 5) is 24.3. The molecule has 0 spiro atoms. The zero-order valence-corrected chi connectivity index (χ0v) is 17.6. The first kappa shape index (κ1) is 21.7. The van der Waals surface area contributed by atoms with Gasteiger partial charge in [0.1, 0.15) is 11.5 Å². The number of hydrogen-bond donors (Lipinski definition) is 2. The van der Waals surface area contributed by atoms with Crippen LogP contribution < -0.4 is 20.1 Å². The fourth-order valence-electron chi connectivity index (χ4n) is 3.49. The summed E-state index contributed by atoms with van der Waals surface area (Å²) < 4.78 is 11.1. The van der Waals surface area contributed by atoms with E-state index in [-0.39, 0.29) is 37.1 Å². The molecule has 2 aromatic rings. The smallest absolute Gasteiger partial charge is 0.258 e. The van der Waals surface area contributed by atoms with Gasteiger partial charge in [0.15, 0.2) is 13.2 Å². The number of carbonyl (C=O) groups excluding carboxylic acids is 2. The van der Waals surface area contributed by atoms with Crippen molar-refractivity contribution in [3.05, 3.63) is 59.7 Å². The Labute approximate surface area is 178 Å². The van der Waals surface area contributed by atoms with Crippen molar-refractivity contribution in [2.75, 3.05) is 13.2 Å². The molecule has 2 N–H and O–H groups in total. The Kier molecular flexibility index (Phi) is 7.71. The van der Waals surface area contributed by atoms with Crippen LogP contribution in [0.1, 0.15) is 36.8 Å². The van der Waals surface area contributed by atoms with Crippen LogP contribution >= 0.6 is 0 Å². The summed E-state index contributed by atoms with van der Waals surface area (Å²) in [6.45, 7) is 4.03. The zero-order valence-electron chi connectivity index (χ0n) is 17.6. The van der Waals surface area contributed by atoms with Crippen LogP contribution in [0.4, 0.5) is 0 Å². The number of carbonyl (C=O) groups is 2. The zero-order chi connectivity index (χ0) is 21.3. The molecule has 160 valence electrons. The SMILES string of the molecule is Cc1ccc(OCC(=O)NC2CCC(NC(=O)COc3ccc(C)cc3)CC2)cc1. The average Bonchev–Trinajstić information content (AvgIpc) is 2.74. The number of benzene rings is 2. The number of rotatable bonds is 8. The van der Waals surface area contributed by atoms with E-state index in [0.29, 0.717) is 11.5 Å². The lowest BCUT2D eigenvalue weighted by atomic mass is 9.91. The minimum atomic E-state index is -0.116. The van der Waals surface area contributed by atoms with Gasteiger partial charge >= 0.3 is 0 Å². The Balaban J connectivity index is 1.31. The Morgan fingerprint density at radius 1 is 0.700 bits per heavy atom. The van der Waals surface area contributed by atoms with E-state index in [1.807, 2.05) is 62.4 Å². The van der Waals surface area contributed by atoms with Gasteiger partial charge in [0, 0.05) is 12.1 Å². The highest BCUT2D eigenvalue weighted by atomic mass is 16.5. The second kappa shape index (κ2) is 10.7. The van der Waals surface area contributed by atoms with Crippen molar-refractivity contribution in [2.24, 2.45) is 0 Å². The molecule has 1 aliphatic carbocycles. The van der Waals surface area contributed by atoms with E-state index in [2.05, 4.69) is 10.6 Å². The second-order valence-corrected chi connectivity index (χ2v) is 7.89. The first-order valence-corrected chi connectivity index (χ1v) is 10.5. The molecular weight excluding hydrogens is 380 g/mol. The number of amides is 2. The topological polar surface area (TPSA) is 76.7 Å². The molecule has 1 fully saturated rings. The Bertz CT molecular complexity index is 754. The minimum absolute atomic E-state index is 0.00999. The van der Waals surface area contributed by atoms with E-state index in [1.54, 1.807) is 0 Å². The van der Waals surface area contributed by atoms with Crippen LogP contribution in [0.15, 0.2) is 48.5 Å². The number of nitrogens with one attached hydrogen (secondary N) is 2. The van der Waals surface area contributed by atoms with E-state index < -0.39 is 0 Å². The Morgan fingerprint density at radius 2 is 1.03 bits per heavy atom. The summed E-state index contributed by atoms with van der Waals surface area (Å²) in [7, 11) is 0. The van der Waals surface area contributed by atoms with Crippen LogP contribution in [0.2, 0.25) is 0 Å². The molecule has 0 radical (unpaired) electrons. The summed E-state index contributed by atoms with van der Waals surface area (Å²) in [5.74, 6) is 1.15. The summed E-state index contributed by atoms with van der Waals surface area (Å²) >= 11 is 0. The van der Waals surface area contributed by atoms with Crippen LogP contribution in [0.25, 0.3) is 0 Å². The van der Waals surface area contributed by atoms with Crippen LogP contribution in [0.5, 0.6) is 11.5 Å². The van der Waals surface area contributed by atoms with Gasteiger partial charge < -0.3 is 20.1 Å². The molecule has 6 heteroatoms. The van der Waals surface area contributed by atoms with Gasteiger partial charge in [-0.2, -0.15) is 0 Å². The van der Waals surface area contributed by atoms with Crippen molar-refractivity contribution < 1.29 is 19.1 Å². The van der Waals surface area contributed by atoms with Gasteiger partial charge in [0.05, 0.1) is 0 Å². The fraction of sp³-hybridized carbons (Fsp3) is 0.417. The quantitative estimate of drug-likeness (QED) is 0.700. The molecule has 0 saturated heterocycles. The average molecular weight is 411 g/mol. The van der Waals surface area contributed by atoms with Gasteiger partial charge in [-0.15, -0.1) is 0 Å². The third-order valence-electron chi connectivity index (χ3n) is 5.24. The molecule has 0 bridgehead atoms. The van der Waals surface area contributed by atoms with Crippen molar-refractivity contribution in [3.63, 3.8) is 0 Å². The first-order valence-electron chi connectivity index (χ1n) is 10.5. The Morgan fingerprint density at radius 3 is 1.37 bits per heavy atom. The lowest BCUT2D eigenvalue weighted by Crippen LogP contribution is -2.45. The van der Waals surface area contributed by atoms with E-state index >= 15 is 0 Å². The van der Waals surface area contributed by atoms with Crippen molar-refractivity contribution in [1.29, 1.82) is 0 Å². The molecule has 0 unspecified atom stereocenters. The molecule has 1 aliphatic rings. The van der Waals surface area contributed by atoms with Gasteiger partial charge in [-0.25, -0.2) is 0 Å². The third-order valence-corrected chi connectivity index (χ3v) is 5.24. The minimum Gasteiger partial charge on any atom is -0.484 e. The molecule has 6 nitrogen and oxygen atoms in total. The summed E-state index contributed by atoms with van der Waals surface area (Å²) in [5, 5.41) is 6.05. The summed E-state index contributed by atoms with van der Waals surface area (Å²) in [5.41, 5.74) is 2.30. The van der Waals surface area contributed by atoms with Crippen molar-refractivity contribution in [3.8, 4) is 11.5 Å². The molecule has 0 heterocycles. The van der Waals surface area contributed by atoms with E-state index in [9.17, 15) is 9.59 Å². The molecule has 0 atom stereocenters. The van der Waals surface area contributed by atoms with Gasteiger partial charge in [0.2, 0.25) is 0 Å². The molecule has 0 aliphatic heterocycles. The van der Waals surface area contributed by atoms with Gasteiger partial charge in [-0.1, -0.05) is 35.4 Å². The van der Waals surface area contributed by atoms with Crippen LogP contribution in [-0.2, 0) is 9.59 Å². The number of aryl methyl sites for hydroxylation is 2. The highest BCUT2D eigenvalue weighted by molar-refractivity contribution is 5.78. The van der Waals surface area contributed by atoms with Crippen LogP contribution in [0, 0.1) is 13.8 Å².